The van der Waals surface area contributed by atoms with Crippen molar-refractivity contribution in [2.75, 3.05) is 11.1 Å². The lowest BCUT2D eigenvalue weighted by atomic mass is 9.99. The summed E-state index contributed by atoms with van der Waals surface area (Å²) in [4.78, 5) is 12.6. The lowest BCUT2D eigenvalue weighted by molar-refractivity contribution is -0.113. The first-order valence-electron chi connectivity index (χ1n) is 10.4. The molecule has 11 heteroatoms. The molecule has 1 atom stereocenters. The average Bonchev–Trinajstić information content (AvgIpc) is 3.61. The predicted octanol–water partition coefficient (Wildman–Crippen LogP) is 5.68. The normalized spacial score (nSPS) is 14.3. The Bertz CT molecular complexity index is 1440. The number of carbonyl (C=O) groups excluding carboxylic acids is 1. The Kier molecular flexibility index (Phi) is 6.76. The molecule has 0 bridgehead atoms. The van der Waals surface area contributed by atoms with E-state index in [0.717, 1.165) is 11.1 Å². The maximum atomic E-state index is 12.6. The number of rotatable bonds is 7. The maximum Gasteiger partial charge on any atom is 0.234 e. The van der Waals surface area contributed by atoms with Crippen LogP contribution in [0.25, 0.3) is 16.5 Å². The summed E-state index contributed by atoms with van der Waals surface area (Å²) in [6, 6.07) is 16.7. The molecule has 4 aromatic rings. The minimum Gasteiger partial charge on any atom is -0.768 e. The van der Waals surface area contributed by atoms with Gasteiger partial charge in [0.1, 0.15) is 0 Å². The van der Waals surface area contributed by atoms with Gasteiger partial charge in [0.2, 0.25) is 10.6 Å². The van der Waals surface area contributed by atoms with E-state index in [1.54, 1.807) is 0 Å². The zero-order valence-corrected chi connectivity index (χ0v) is 21.5. The van der Waals surface area contributed by atoms with Crippen LogP contribution in [0.4, 0.5) is 5.69 Å². The van der Waals surface area contributed by atoms with Gasteiger partial charge in [0.25, 0.3) is 0 Å². The Hall–Kier alpha value is -2.24. The standard InChI is InChI=1S/C23H18BrClN4O3S2/c24-22-27-28-23(33-12-21(30)26-19-9-7-14(34(31)32)11-18(19)25)29(22)20-10-8-15(13-5-6-13)16-3-1-2-4-17(16)20/h1-4,7-11,13H,5-6,12H2,(H,26,30)(H,31,32)/p-1. The fourth-order valence-electron chi connectivity index (χ4n) is 3.82. The number of aromatic nitrogens is 3. The molecule has 1 aliphatic carbocycles. The molecule has 0 radical (unpaired) electrons. The SMILES string of the molecule is O=C(CSc1nnc(Br)n1-c1ccc(C2CC2)c2ccccc12)Nc1ccc(S(=O)[O-])cc1Cl. The van der Waals surface area contributed by atoms with E-state index in [9.17, 15) is 13.6 Å². The third-order valence-corrected chi connectivity index (χ3v) is 7.92. The second kappa shape index (κ2) is 9.79. The van der Waals surface area contributed by atoms with Crippen molar-refractivity contribution in [3.63, 3.8) is 0 Å². The first-order valence-corrected chi connectivity index (χ1v) is 13.6. The highest BCUT2D eigenvalue weighted by molar-refractivity contribution is 9.10. The van der Waals surface area contributed by atoms with Crippen molar-refractivity contribution in [1.82, 2.24) is 14.8 Å². The van der Waals surface area contributed by atoms with Crippen molar-refractivity contribution in [2.45, 2.75) is 28.8 Å². The maximum absolute atomic E-state index is 12.6. The van der Waals surface area contributed by atoms with Crippen LogP contribution in [0.15, 0.2) is 69.4 Å². The first kappa shape index (κ1) is 23.5. The summed E-state index contributed by atoms with van der Waals surface area (Å²) in [5, 5.41) is 14.2. The Balaban J connectivity index is 1.37. The van der Waals surface area contributed by atoms with Crippen LogP contribution in [0, 0.1) is 0 Å². The molecular formula is C23H17BrClN4O3S2-. The number of thioether (sulfide) groups is 1. The molecule has 0 saturated heterocycles. The molecule has 1 saturated carbocycles. The molecule has 1 aromatic heterocycles. The third kappa shape index (κ3) is 4.78. The van der Waals surface area contributed by atoms with Gasteiger partial charge in [-0.3, -0.25) is 13.6 Å². The van der Waals surface area contributed by atoms with Crippen molar-refractivity contribution < 1.29 is 13.6 Å². The quantitative estimate of drug-likeness (QED) is 0.224. The largest absolute Gasteiger partial charge is 0.768 e. The van der Waals surface area contributed by atoms with Crippen LogP contribution < -0.4 is 5.32 Å². The molecule has 0 spiro atoms. The molecule has 174 valence electrons. The fourth-order valence-corrected chi connectivity index (χ4v) is 5.80. The summed E-state index contributed by atoms with van der Waals surface area (Å²) < 4.78 is 24.6. The zero-order chi connectivity index (χ0) is 23.8. The smallest absolute Gasteiger partial charge is 0.234 e. The molecule has 34 heavy (non-hydrogen) atoms. The highest BCUT2D eigenvalue weighted by Crippen LogP contribution is 2.44. The van der Waals surface area contributed by atoms with Crippen LogP contribution in [0.3, 0.4) is 0 Å². The lowest BCUT2D eigenvalue weighted by Gasteiger charge is -2.14. The third-order valence-electron chi connectivity index (χ3n) is 5.53. The van der Waals surface area contributed by atoms with E-state index < -0.39 is 11.1 Å². The summed E-state index contributed by atoms with van der Waals surface area (Å²) in [5.41, 5.74) is 2.63. The number of anilines is 1. The van der Waals surface area contributed by atoms with E-state index in [1.807, 2.05) is 16.7 Å². The minimum absolute atomic E-state index is 0.0512. The fraction of sp³-hybridized carbons (Fsp3) is 0.174. The summed E-state index contributed by atoms with van der Waals surface area (Å²) in [7, 11) is 0. The summed E-state index contributed by atoms with van der Waals surface area (Å²) in [5.74, 6) is 0.382. The molecule has 1 fully saturated rings. The minimum atomic E-state index is -2.39. The molecule has 1 heterocycles. The van der Waals surface area contributed by atoms with Crippen LogP contribution in [0.5, 0.6) is 0 Å². The molecule has 1 aliphatic rings. The van der Waals surface area contributed by atoms with Gasteiger partial charge in [0.05, 0.1) is 22.2 Å². The van der Waals surface area contributed by atoms with E-state index in [1.165, 1.54) is 53.8 Å². The lowest BCUT2D eigenvalue weighted by Crippen LogP contribution is -2.15. The van der Waals surface area contributed by atoms with Gasteiger partial charge >= 0.3 is 0 Å². The van der Waals surface area contributed by atoms with Crippen LogP contribution >= 0.6 is 39.3 Å². The first-order chi connectivity index (χ1) is 16.4. The number of amides is 1. The van der Waals surface area contributed by atoms with Gasteiger partial charge in [-0.25, -0.2) is 0 Å². The van der Waals surface area contributed by atoms with E-state index >= 15 is 0 Å². The predicted molar refractivity (Wildman–Crippen MR) is 137 cm³/mol. The van der Waals surface area contributed by atoms with Crippen LogP contribution in [-0.4, -0.2) is 35.2 Å². The van der Waals surface area contributed by atoms with Gasteiger partial charge in [-0.15, -0.1) is 10.2 Å². The van der Waals surface area contributed by atoms with Gasteiger partial charge in [0.15, 0.2) is 5.16 Å². The topological polar surface area (TPSA) is 99.9 Å². The highest BCUT2D eigenvalue weighted by Gasteiger charge is 2.26. The molecule has 1 unspecified atom stereocenters. The van der Waals surface area contributed by atoms with Gasteiger partial charge < -0.3 is 9.87 Å². The van der Waals surface area contributed by atoms with E-state index in [0.29, 0.717) is 21.5 Å². The van der Waals surface area contributed by atoms with Crippen molar-refractivity contribution in [1.29, 1.82) is 0 Å². The number of hydrogen-bond acceptors (Lipinski definition) is 6. The second-order valence-corrected chi connectivity index (χ2v) is 10.8. The van der Waals surface area contributed by atoms with Crippen LogP contribution in [0.2, 0.25) is 5.02 Å². The molecule has 7 nitrogen and oxygen atoms in total. The average molecular weight is 577 g/mol. The van der Waals surface area contributed by atoms with E-state index in [4.69, 9.17) is 11.6 Å². The number of hydrogen-bond donors (Lipinski definition) is 1. The van der Waals surface area contributed by atoms with E-state index in [-0.39, 0.29) is 21.6 Å². The van der Waals surface area contributed by atoms with Crippen molar-refractivity contribution in [3.8, 4) is 5.69 Å². The van der Waals surface area contributed by atoms with Gasteiger partial charge in [-0.2, -0.15) is 0 Å². The highest BCUT2D eigenvalue weighted by atomic mass is 79.9. The monoisotopic (exact) mass is 575 g/mol. The van der Waals surface area contributed by atoms with Crippen LogP contribution in [-0.2, 0) is 15.9 Å². The van der Waals surface area contributed by atoms with Crippen molar-refractivity contribution >= 4 is 72.7 Å². The summed E-state index contributed by atoms with van der Waals surface area (Å²) >= 11 is 8.46. The van der Waals surface area contributed by atoms with Gasteiger partial charge in [-0.05, 0) is 81.0 Å². The second-order valence-electron chi connectivity index (χ2n) is 7.79. The van der Waals surface area contributed by atoms with Crippen molar-refractivity contribution in [2.24, 2.45) is 0 Å². The van der Waals surface area contributed by atoms with Gasteiger partial charge in [0, 0.05) is 10.3 Å². The molecule has 5 rings (SSSR count). The number of carbonyl (C=O) groups is 1. The Labute approximate surface area is 215 Å². The van der Waals surface area contributed by atoms with E-state index in [2.05, 4.69) is 55.7 Å². The Morgan fingerprint density at radius 1 is 1.18 bits per heavy atom. The molecule has 1 N–H and O–H groups in total. The van der Waals surface area contributed by atoms with Crippen molar-refractivity contribution in [3.05, 3.63) is 69.9 Å². The zero-order valence-electron chi connectivity index (χ0n) is 17.5. The number of benzene rings is 3. The number of nitrogens with zero attached hydrogens (tertiary/aromatic N) is 3. The molecule has 1 amide bonds. The Morgan fingerprint density at radius 3 is 2.65 bits per heavy atom. The summed E-state index contributed by atoms with van der Waals surface area (Å²) in [6.45, 7) is 0. The number of halogens is 2. The molecule has 3 aromatic carbocycles. The number of nitrogens with one attached hydrogen (secondary N) is 1. The molecule has 0 aliphatic heterocycles. The van der Waals surface area contributed by atoms with Crippen LogP contribution in [0.1, 0.15) is 24.3 Å². The Morgan fingerprint density at radius 2 is 1.94 bits per heavy atom. The molecular weight excluding hydrogens is 560 g/mol. The summed E-state index contributed by atoms with van der Waals surface area (Å²) in [6.07, 6.45) is 2.44. The van der Waals surface area contributed by atoms with Gasteiger partial charge in [-0.1, -0.05) is 53.7 Å². The number of fused-ring (bicyclic) bond motifs is 1.